The van der Waals surface area contributed by atoms with Crippen LogP contribution >= 0.6 is 0 Å². The maximum Gasteiger partial charge on any atom is 0.203 e. The van der Waals surface area contributed by atoms with E-state index in [4.69, 9.17) is 28.4 Å². The fourth-order valence-electron chi connectivity index (χ4n) is 3.71. The third-order valence-corrected chi connectivity index (χ3v) is 5.35. The summed E-state index contributed by atoms with van der Waals surface area (Å²) in [5.41, 5.74) is 2.89. The number of ether oxygens (including phenoxy) is 6. The second-order valence-corrected chi connectivity index (χ2v) is 7.07. The normalized spacial score (nSPS) is 15.8. The van der Waals surface area contributed by atoms with Gasteiger partial charge in [0.15, 0.2) is 17.3 Å². The van der Waals surface area contributed by atoms with Crippen molar-refractivity contribution in [3.8, 4) is 34.5 Å². The summed E-state index contributed by atoms with van der Waals surface area (Å²) >= 11 is 0. The van der Waals surface area contributed by atoms with Crippen molar-refractivity contribution in [3.05, 3.63) is 46.5 Å². The average molecular weight is 440 g/mol. The van der Waals surface area contributed by atoms with E-state index in [2.05, 4.69) is 0 Å². The van der Waals surface area contributed by atoms with Crippen LogP contribution in [0.2, 0.25) is 0 Å². The first-order valence-electron chi connectivity index (χ1n) is 10.0. The van der Waals surface area contributed by atoms with Crippen LogP contribution in [0.1, 0.15) is 24.0 Å². The molecule has 0 aliphatic heterocycles. The summed E-state index contributed by atoms with van der Waals surface area (Å²) in [5, 5.41) is 0. The molecule has 32 heavy (non-hydrogen) atoms. The molecule has 7 heteroatoms. The van der Waals surface area contributed by atoms with Crippen LogP contribution < -0.4 is 28.4 Å². The highest BCUT2D eigenvalue weighted by molar-refractivity contribution is 6.15. The molecule has 0 amide bonds. The van der Waals surface area contributed by atoms with Gasteiger partial charge in [0.25, 0.3) is 0 Å². The summed E-state index contributed by atoms with van der Waals surface area (Å²) in [5.74, 6) is 3.32. The van der Waals surface area contributed by atoms with Crippen molar-refractivity contribution < 1.29 is 33.2 Å². The third kappa shape index (κ3) is 4.51. The second kappa shape index (κ2) is 10.1. The largest absolute Gasteiger partial charge is 0.496 e. The number of benzene rings is 2. The number of Topliss-reactive ketones (excluding diaryl/α,β-unsaturated/α-hetero) is 1. The van der Waals surface area contributed by atoms with Gasteiger partial charge in [-0.2, -0.15) is 0 Å². The molecule has 0 heterocycles. The quantitative estimate of drug-likeness (QED) is 0.557. The van der Waals surface area contributed by atoms with Crippen LogP contribution in [-0.4, -0.2) is 48.4 Å². The number of carbonyl (C=O) groups excluding carboxylic acids is 1. The van der Waals surface area contributed by atoms with E-state index in [1.165, 1.54) is 0 Å². The fraction of sp³-hybridized carbons (Fsp3) is 0.320. The molecule has 7 nitrogen and oxygen atoms in total. The molecule has 1 saturated carbocycles. The Labute approximate surface area is 188 Å². The van der Waals surface area contributed by atoms with E-state index in [1.54, 1.807) is 54.8 Å². The highest BCUT2D eigenvalue weighted by Crippen LogP contribution is 2.41. The maximum absolute atomic E-state index is 13.1. The van der Waals surface area contributed by atoms with Crippen LogP contribution in [-0.2, 0) is 4.79 Å². The van der Waals surface area contributed by atoms with E-state index in [0.717, 1.165) is 5.56 Å². The van der Waals surface area contributed by atoms with E-state index in [0.29, 0.717) is 64.0 Å². The molecule has 0 radical (unpaired) electrons. The highest BCUT2D eigenvalue weighted by atomic mass is 16.5. The Hall–Kier alpha value is -3.61. The Kier molecular flexibility index (Phi) is 7.30. The van der Waals surface area contributed by atoms with Gasteiger partial charge in [0.1, 0.15) is 17.2 Å². The van der Waals surface area contributed by atoms with E-state index in [9.17, 15) is 4.79 Å². The van der Waals surface area contributed by atoms with Gasteiger partial charge >= 0.3 is 0 Å². The highest BCUT2D eigenvalue weighted by Gasteiger charge is 2.25. The van der Waals surface area contributed by atoms with Crippen molar-refractivity contribution in [1.82, 2.24) is 0 Å². The van der Waals surface area contributed by atoms with Gasteiger partial charge in [0, 0.05) is 23.3 Å². The number of allylic oxidation sites excluding steroid dienone is 2. The minimum Gasteiger partial charge on any atom is -0.496 e. The van der Waals surface area contributed by atoms with Crippen LogP contribution in [0.3, 0.4) is 0 Å². The predicted octanol–water partition coefficient (Wildman–Crippen LogP) is 4.57. The van der Waals surface area contributed by atoms with Crippen molar-refractivity contribution in [2.75, 3.05) is 42.7 Å². The molecule has 1 aliphatic rings. The molecule has 0 spiro atoms. The SMILES string of the molecule is COc1cc(OC)c(/C=C2\CC/C(=C\c3cc(OC)c(OC)c(OC)c3)C2=O)c(OC)c1. The van der Waals surface area contributed by atoms with Gasteiger partial charge in [-0.05, 0) is 42.7 Å². The summed E-state index contributed by atoms with van der Waals surface area (Å²) in [7, 11) is 9.40. The first kappa shape index (κ1) is 23.1. The summed E-state index contributed by atoms with van der Waals surface area (Å²) in [6, 6.07) is 7.17. The van der Waals surface area contributed by atoms with Gasteiger partial charge in [-0.15, -0.1) is 0 Å². The Bertz CT molecular complexity index is 1020. The summed E-state index contributed by atoms with van der Waals surface area (Å²) in [6.45, 7) is 0. The number of hydrogen-bond donors (Lipinski definition) is 0. The Balaban J connectivity index is 1.98. The van der Waals surface area contributed by atoms with Crippen LogP contribution in [0.4, 0.5) is 0 Å². The standard InChI is InChI=1S/C25H28O7/c1-27-18-13-20(28-2)19(21(14-18)29-3)12-17-8-7-16(24(17)26)9-15-10-22(30-4)25(32-6)23(11-15)31-5/h9-14H,7-8H2,1-6H3/b16-9+,17-12+. The zero-order valence-electron chi connectivity index (χ0n) is 19.2. The molecule has 0 unspecified atom stereocenters. The molecule has 0 bridgehead atoms. The molecule has 170 valence electrons. The molecule has 3 rings (SSSR count). The minimum atomic E-state index is -0.0151. The van der Waals surface area contributed by atoms with Gasteiger partial charge in [-0.25, -0.2) is 0 Å². The van der Waals surface area contributed by atoms with E-state index in [1.807, 2.05) is 24.3 Å². The molecule has 0 atom stereocenters. The fourth-order valence-corrected chi connectivity index (χ4v) is 3.71. The van der Waals surface area contributed by atoms with Crippen LogP contribution in [0, 0.1) is 0 Å². The van der Waals surface area contributed by atoms with Crippen LogP contribution in [0.5, 0.6) is 34.5 Å². The van der Waals surface area contributed by atoms with Crippen molar-refractivity contribution in [2.45, 2.75) is 12.8 Å². The molecule has 1 fully saturated rings. The lowest BCUT2D eigenvalue weighted by Gasteiger charge is -2.13. The smallest absolute Gasteiger partial charge is 0.203 e. The monoisotopic (exact) mass is 440 g/mol. The van der Waals surface area contributed by atoms with E-state index < -0.39 is 0 Å². The zero-order chi connectivity index (χ0) is 23.3. The van der Waals surface area contributed by atoms with E-state index >= 15 is 0 Å². The molecule has 0 N–H and O–H groups in total. The molecule has 1 aliphatic carbocycles. The van der Waals surface area contributed by atoms with Crippen LogP contribution in [0.25, 0.3) is 12.2 Å². The van der Waals surface area contributed by atoms with Crippen LogP contribution in [0.15, 0.2) is 35.4 Å². The van der Waals surface area contributed by atoms with Crippen molar-refractivity contribution in [1.29, 1.82) is 0 Å². The molecule has 2 aromatic carbocycles. The predicted molar refractivity (Wildman–Crippen MR) is 122 cm³/mol. The Morgan fingerprint density at radius 3 is 1.56 bits per heavy atom. The topological polar surface area (TPSA) is 72.5 Å². The second-order valence-electron chi connectivity index (χ2n) is 7.07. The summed E-state index contributed by atoms with van der Waals surface area (Å²) < 4.78 is 32.5. The number of ketones is 1. The summed E-state index contributed by atoms with van der Waals surface area (Å²) in [6.07, 6.45) is 4.93. The third-order valence-electron chi connectivity index (χ3n) is 5.35. The Morgan fingerprint density at radius 2 is 1.12 bits per heavy atom. The maximum atomic E-state index is 13.1. The zero-order valence-corrected chi connectivity index (χ0v) is 19.2. The number of carbonyl (C=O) groups is 1. The average Bonchev–Trinajstić information content (AvgIpc) is 3.16. The molecule has 0 saturated heterocycles. The molecule has 2 aromatic rings. The lowest BCUT2D eigenvalue weighted by Crippen LogP contribution is -1.99. The van der Waals surface area contributed by atoms with Gasteiger partial charge in [-0.3, -0.25) is 4.79 Å². The van der Waals surface area contributed by atoms with Gasteiger partial charge in [0.05, 0.1) is 48.2 Å². The van der Waals surface area contributed by atoms with E-state index in [-0.39, 0.29) is 5.78 Å². The number of methoxy groups -OCH3 is 6. The summed E-state index contributed by atoms with van der Waals surface area (Å²) in [4.78, 5) is 13.1. The lowest BCUT2D eigenvalue weighted by molar-refractivity contribution is -0.111. The van der Waals surface area contributed by atoms with Crippen molar-refractivity contribution in [3.63, 3.8) is 0 Å². The van der Waals surface area contributed by atoms with Gasteiger partial charge in [-0.1, -0.05) is 0 Å². The lowest BCUT2D eigenvalue weighted by atomic mass is 10.0. The van der Waals surface area contributed by atoms with Crippen molar-refractivity contribution in [2.24, 2.45) is 0 Å². The first-order chi connectivity index (χ1) is 15.5. The van der Waals surface area contributed by atoms with Gasteiger partial charge in [0.2, 0.25) is 5.75 Å². The minimum absolute atomic E-state index is 0.0151. The number of rotatable bonds is 8. The van der Waals surface area contributed by atoms with Gasteiger partial charge < -0.3 is 28.4 Å². The molecular formula is C25H28O7. The molecule has 0 aromatic heterocycles. The number of hydrogen-bond acceptors (Lipinski definition) is 7. The first-order valence-corrected chi connectivity index (χ1v) is 10.0. The molecular weight excluding hydrogens is 412 g/mol. The van der Waals surface area contributed by atoms with Crippen molar-refractivity contribution >= 4 is 17.9 Å². The Morgan fingerprint density at radius 1 is 0.625 bits per heavy atom.